The summed E-state index contributed by atoms with van der Waals surface area (Å²) >= 11 is 0. The van der Waals surface area contributed by atoms with Crippen LogP contribution in [0.15, 0.2) is 24.3 Å². The SMILES string of the molecule is O=C(NCCCN1CCOCC1)C(=O)N1CCN(c2ccccc2F)CC1. The summed E-state index contributed by atoms with van der Waals surface area (Å²) < 4.78 is 19.2. The summed E-state index contributed by atoms with van der Waals surface area (Å²) in [5.74, 6) is -1.33. The number of anilines is 1. The highest BCUT2D eigenvalue weighted by atomic mass is 19.1. The van der Waals surface area contributed by atoms with E-state index in [1.807, 2.05) is 4.90 Å². The maximum atomic E-state index is 13.9. The maximum absolute atomic E-state index is 13.9. The number of piperazine rings is 1. The minimum atomic E-state index is -0.559. The molecule has 0 bridgehead atoms. The van der Waals surface area contributed by atoms with E-state index >= 15 is 0 Å². The highest BCUT2D eigenvalue weighted by molar-refractivity contribution is 6.35. The molecule has 2 aliphatic rings. The zero-order chi connectivity index (χ0) is 19.1. The van der Waals surface area contributed by atoms with Crippen molar-refractivity contribution in [1.82, 2.24) is 15.1 Å². The van der Waals surface area contributed by atoms with Gasteiger partial charge in [0.15, 0.2) is 0 Å². The van der Waals surface area contributed by atoms with Crippen LogP contribution in [0.3, 0.4) is 0 Å². The number of amides is 2. The Morgan fingerprint density at radius 3 is 2.44 bits per heavy atom. The molecule has 0 radical (unpaired) electrons. The lowest BCUT2D eigenvalue weighted by Crippen LogP contribution is -2.53. The first-order chi connectivity index (χ1) is 13.1. The van der Waals surface area contributed by atoms with Crippen molar-refractivity contribution >= 4 is 17.5 Å². The predicted octanol–water partition coefficient (Wildman–Crippen LogP) is 0.313. The summed E-state index contributed by atoms with van der Waals surface area (Å²) in [6, 6.07) is 6.60. The van der Waals surface area contributed by atoms with Crippen LogP contribution in [0.2, 0.25) is 0 Å². The van der Waals surface area contributed by atoms with E-state index in [9.17, 15) is 14.0 Å². The quantitative estimate of drug-likeness (QED) is 0.590. The third kappa shape index (κ3) is 5.40. The molecule has 7 nitrogen and oxygen atoms in total. The molecule has 1 N–H and O–H groups in total. The van der Waals surface area contributed by atoms with Crippen molar-refractivity contribution in [3.05, 3.63) is 30.1 Å². The Hall–Kier alpha value is -2.19. The highest BCUT2D eigenvalue weighted by Gasteiger charge is 2.26. The molecule has 2 fully saturated rings. The molecule has 2 amide bonds. The van der Waals surface area contributed by atoms with Gasteiger partial charge in [0.05, 0.1) is 18.9 Å². The third-order valence-electron chi connectivity index (χ3n) is 4.99. The number of hydrogen-bond acceptors (Lipinski definition) is 5. The number of nitrogens with zero attached hydrogens (tertiary/aromatic N) is 3. The number of nitrogens with one attached hydrogen (secondary N) is 1. The van der Waals surface area contributed by atoms with Gasteiger partial charge in [-0.05, 0) is 25.1 Å². The van der Waals surface area contributed by atoms with Gasteiger partial charge in [0.25, 0.3) is 0 Å². The van der Waals surface area contributed by atoms with Crippen LogP contribution in [0.5, 0.6) is 0 Å². The second kappa shape index (κ2) is 9.66. The standard InChI is InChI=1S/C19H27FN4O3/c20-16-4-1-2-5-17(16)23-8-10-24(11-9-23)19(26)18(25)21-6-3-7-22-12-14-27-15-13-22/h1-2,4-5H,3,6-15H2,(H,21,25). The fourth-order valence-corrected chi connectivity index (χ4v) is 3.41. The lowest BCUT2D eigenvalue weighted by molar-refractivity contribution is -0.146. The van der Waals surface area contributed by atoms with E-state index in [4.69, 9.17) is 4.74 Å². The molecule has 0 aromatic heterocycles. The average molecular weight is 378 g/mol. The summed E-state index contributed by atoms with van der Waals surface area (Å²) in [6.07, 6.45) is 0.806. The number of carbonyl (C=O) groups excluding carboxylic acids is 2. The number of halogens is 1. The zero-order valence-corrected chi connectivity index (χ0v) is 15.5. The minimum Gasteiger partial charge on any atom is -0.379 e. The summed E-state index contributed by atoms with van der Waals surface area (Å²) in [5.41, 5.74) is 0.539. The van der Waals surface area contributed by atoms with Gasteiger partial charge in [0.2, 0.25) is 0 Å². The normalized spacial score (nSPS) is 18.4. The first-order valence-electron chi connectivity index (χ1n) is 9.52. The molecule has 0 aliphatic carbocycles. The van der Waals surface area contributed by atoms with Crippen molar-refractivity contribution in [2.24, 2.45) is 0 Å². The van der Waals surface area contributed by atoms with E-state index < -0.39 is 11.8 Å². The molecule has 1 aromatic carbocycles. The van der Waals surface area contributed by atoms with E-state index in [0.717, 1.165) is 39.3 Å². The Bertz CT molecular complexity index is 644. The summed E-state index contributed by atoms with van der Waals surface area (Å²) in [4.78, 5) is 30.1. The monoisotopic (exact) mass is 378 g/mol. The van der Waals surface area contributed by atoms with Crippen LogP contribution in [0.1, 0.15) is 6.42 Å². The van der Waals surface area contributed by atoms with Crippen LogP contribution in [-0.4, -0.2) is 87.2 Å². The van der Waals surface area contributed by atoms with Gasteiger partial charge >= 0.3 is 11.8 Å². The van der Waals surface area contributed by atoms with Crippen LogP contribution >= 0.6 is 0 Å². The van der Waals surface area contributed by atoms with Crippen LogP contribution in [0.4, 0.5) is 10.1 Å². The van der Waals surface area contributed by atoms with Crippen molar-refractivity contribution in [3.63, 3.8) is 0 Å². The molecule has 2 heterocycles. The molecule has 2 saturated heterocycles. The lowest BCUT2D eigenvalue weighted by atomic mass is 10.2. The Kier molecular flexibility index (Phi) is 7.00. The smallest absolute Gasteiger partial charge is 0.312 e. The summed E-state index contributed by atoms with van der Waals surface area (Å²) in [6.45, 7) is 6.55. The predicted molar refractivity (Wildman–Crippen MR) is 100 cm³/mol. The number of para-hydroxylation sites is 1. The number of rotatable bonds is 5. The molecule has 27 heavy (non-hydrogen) atoms. The first-order valence-corrected chi connectivity index (χ1v) is 9.52. The molecular weight excluding hydrogens is 351 g/mol. The van der Waals surface area contributed by atoms with Crippen molar-refractivity contribution in [2.75, 3.05) is 70.5 Å². The maximum Gasteiger partial charge on any atom is 0.312 e. The van der Waals surface area contributed by atoms with Crippen LogP contribution in [0.25, 0.3) is 0 Å². The first kappa shape index (κ1) is 19.6. The molecule has 1 aromatic rings. The molecule has 0 saturated carbocycles. The van der Waals surface area contributed by atoms with E-state index in [-0.39, 0.29) is 5.82 Å². The second-order valence-electron chi connectivity index (χ2n) is 6.79. The van der Waals surface area contributed by atoms with Crippen molar-refractivity contribution in [1.29, 1.82) is 0 Å². The van der Waals surface area contributed by atoms with E-state index in [0.29, 0.717) is 38.4 Å². The second-order valence-corrected chi connectivity index (χ2v) is 6.79. The number of morpholine rings is 1. The van der Waals surface area contributed by atoms with Gasteiger partial charge in [-0.2, -0.15) is 0 Å². The molecule has 0 spiro atoms. The van der Waals surface area contributed by atoms with E-state index in [1.54, 1.807) is 18.2 Å². The van der Waals surface area contributed by atoms with Gasteiger partial charge in [-0.3, -0.25) is 14.5 Å². The van der Waals surface area contributed by atoms with Crippen molar-refractivity contribution < 1.29 is 18.7 Å². The molecule has 148 valence electrons. The Balaban J connectivity index is 1.37. The third-order valence-corrected chi connectivity index (χ3v) is 4.99. The number of carbonyl (C=O) groups is 2. The van der Waals surface area contributed by atoms with Gasteiger partial charge in [0.1, 0.15) is 5.82 Å². The Labute approximate surface area is 159 Å². The Morgan fingerprint density at radius 1 is 1.04 bits per heavy atom. The number of benzene rings is 1. The summed E-state index contributed by atoms with van der Waals surface area (Å²) in [5, 5.41) is 2.71. The van der Waals surface area contributed by atoms with Gasteiger partial charge < -0.3 is 19.9 Å². The van der Waals surface area contributed by atoms with Gasteiger partial charge in [0, 0.05) is 45.8 Å². The number of hydrogen-bond donors (Lipinski definition) is 1. The molecular formula is C19H27FN4O3. The van der Waals surface area contributed by atoms with Crippen molar-refractivity contribution in [3.8, 4) is 0 Å². The van der Waals surface area contributed by atoms with Crippen LogP contribution < -0.4 is 10.2 Å². The highest BCUT2D eigenvalue weighted by Crippen LogP contribution is 2.20. The fraction of sp³-hybridized carbons (Fsp3) is 0.579. The van der Waals surface area contributed by atoms with Crippen molar-refractivity contribution in [2.45, 2.75) is 6.42 Å². The topological polar surface area (TPSA) is 65.1 Å². The van der Waals surface area contributed by atoms with Crippen LogP contribution in [0, 0.1) is 5.82 Å². The largest absolute Gasteiger partial charge is 0.379 e. The van der Waals surface area contributed by atoms with Gasteiger partial charge in [-0.15, -0.1) is 0 Å². The lowest BCUT2D eigenvalue weighted by Gasteiger charge is -2.35. The molecule has 3 rings (SSSR count). The zero-order valence-electron chi connectivity index (χ0n) is 15.5. The van der Waals surface area contributed by atoms with Gasteiger partial charge in [-0.1, -0.05) is 12.1 Å². The van der Waals surface area contributed by atoms with Crippen LogP contribution in [-0.2, 0) is 14.3 Å². The minimum absolute atomic E-state index is 0.268. The average Bonchev–Trinajstić information content (AvgIpc) is 2.72. The molecule has 2 aliphatic heterocycles. The fourth-order valence-electron chi connectivity index (χ4n) is 3.41. The number of ether oxygens (including phenoxy) is 1. The van der Waals surface area contributed by atoms with E-state index in [2.05, 4.69) is 10.2 Å². The van der Waals surface area contributed by atoms with E-state index in [1.165, 1.54) is 11.0 Å². The summed E-state index contributed by atoms with van der Waals surface area (Å²) in [7, 11) is 0. The molecule has 0 unspecified atom stereocenters. The van der Waals surface area contributed by atoms with Gasteiger partial charge in [-0.25, -0.2) is 4.39 Å². The Morgan fingerprint density at radius 2 is 1.74 bits per heavy atom. The molecule has 8 heteroatoms. The molecule has 0 atom stereocenters.